The highest BCUT2D eigenvalue weighted by Gasteiger charge is 2.20. The molecular weight excluding hydrogens is 333 g/mol. The van der Waals surface area contributed by atoms with Gasteiger partial charge in [-0.25, -0.2) is 9.07 Å². The number of hydrogen-bond donors (Lipinski definition) is 1. The zero-order valence-electron chi connectivity index (χ0n) is 14.1. The molecule has 1 aromatic heterocycles. The predicted octanol–water partition coefficient (Wildman–Crippen LogP) is 2.99. The van der Waals surface area contributed by atoms with Crippen LogP contribution in [0, 0.1) is 11.7 Å². The number of aromatic nitrogens is 2. The number of benzene rings is 2. The van der Waals surface area contributed by atoms with Crippen LogP contribution >= 0.6 is 0 Å². The van der Waals surface area contributed by atoms with Crippen molar-refractivity contribution in [2.75, 3.05) is 13.2 Å². The molecular formula is C20H18FN3O2. The SMILES string of the molecule is O=C(NCC1COc2ccccc2C1)c1ccn(-c2cccc(F)c2)n1. The predicted molar refractivity (Wildman–Crippen MR) is 95.0 cm³/mol. The van der Waals surface area contributed by atoms with E-state index in [-0.39, 0.29) is 17.6 Å². The van der Waals surface area contributed by atoms with Crippen LogP contribution in [-0.2, 0) is 6.42 Å². The first-order valence-corrected chi connectivity index (χ1v) is 8.49. The summed E-state index contributed by atoms with van der Waals surface area (Å²) in [6, 6.07) is 15.6. The Bertz CT molecular complexity index is 938. The number of ether oxygens (including phenoxy) is 1. The molecule has 4 rings (SSSR count). The van der Waals surface area contributed by atoms with E-state index in [1.807, 2.05) is 24.3 Å². The van der Waals surface area contributed by atoms with Crippen molar-refractivity contribution >= 4 is 5.91 Å². The summed E-state index contributed by atoms with van der Waals surface area (Å²) in [7, 11) is 0. The highest BCUT2D eigenvalue weighted by atomic mass is 19.1. The van der Waals surface area contributed by atoms with Gasteiger partial charge in [-0.1, -0.05) is 24.3 Å². The van der Waals surface area contributed by atoms with Crippen molar-refractivity contribution in [3.05, 3.63) is 77.9 Å². The molecule has 1 aliphatic heterocycles. The molecule has 0 fully saturated rings. The first kappa shape index (κ1) is 16.3. The summed E-state index contributed by atoms with van der Waals surface area (Å²) in [5.74, 6) is 0.545. The largest absolute Gasteiger partial charge is 0.493 e. The van der Waals surface area contributed by atoms with Gasteiger partial charge in [-0.05, 0) is 42.3 Å². The lowest BCUT2D eigenvalue weighted by atomic mass is 9.97. The Labute approximate surface area is 150 Å². The van der Waals surface area contributed by atoms with Crippen LogP contribution in [0.1, 0.15) is 16.1 Å². The fourth-order valence-electron chi connectivity index (χ4n) is 3.06. The number of para-hydroxylation sites is 1. The van der Waals surface area contributed by atoms with Gasteiger partial charge < -0.3 is 10.1 Å². The van der Waals surface area contributed by atoms with E-state index in [0.717, 1.165) is 17.7 Å². The number of amides is 1. The van der Waals surface area contributed by atoms with Crippen molar-refractivity contribution in [3.63, 3.8) is 0 Å². The summed E-state index contributed by atoms with van der Waals surface area (Å²) in [6.07, 6.45) is 2.51. The minimum atomic E-state index is -0.346. The topological polar surface area (TPSA) is 56.1 Å². The maximum atomic E-state index is 13.3. The molecule has 0 radical (unpaired) electrons. The second-order valence-electron chi connectivity index (χ2n) is 6.32. The average Bonchev–Trinajstić information content (AvgIpc) is 3.16. The lowest BCUT2D eigenvalue weighted by molar-refractivity contribution is 0.0933. The Hall–Kier alpha value is -3.15. The van der Waals surface area contributed by atoms with Gasteiger partial charge in [0.1, 0.15) is 11.6 Å². The number of nitrogens with zero attached hydrogens (tertiary/aromatic N) is 2. The molecule has 1 N–H and O–H groups in total. The Kier molecular flexibility index (Phi) is 4.39. The molecule has 2 aromatic carbocycles. The molecule has 3 aromatic rings. The molecule has 0 aliphatic carbocycles. The van der Waals surface area contributed by atoms with E-state index in [1.165, 1.54) is 16.8 Å². The molecule has 0 spiro atoms. The molecule has 5 nitrogen and oxygen atoms in total. The van der Waals surface area contributed by atoms with Crippen LogP contribution in [0.15, 0.2) is 60.8 Å². The molecule has 1 unspecified atom stereocenters. The summed E-state index contributed by atoms with van der Waals surface area (Å²) < 4.78 is 20.5. The van der Waals surface area contributed by atoms with Gasteiger partial charge in [-0.3, -0.25) is 4.79 Å². The normalized spacial score (nSPS) is 15.8. The van der Waals surface area contributed by atoms with Gasteiger partial charge in [0.25, 0.3) is 5.91 Å². The first-order valence-electron chi connectivity index (χ1n) is 8.49. The molecule has 0 bridgehead atoms. The fourth-order valence-corrected chi connectivity index (χ4v) is 3.06. The van der Waals surface area contributed by atoms with Crippen LogP contribution < -0.4 is 10.1 Å². The highest BCUT2D eigenvalue weighted by molar-refractivity contribution is 5.92. The van der Waals surface area contributed by atoms with Crippen molar-refractivity contribution in [2.24, 2.45) is 5.92 Å². The van der Waals surface area contributed by atoms with Gasteiger partial charge in [0, 0.05) is 18.7 Å². The zero-order valence-corrected chi connectivity index (χ0v) is 14.1. The highest BCUT2D eigenvalue weighted by Crippen LogP contribution is 2.26. The van der Waals surface area contributed by atoms with E-state index >= 15 is 0 Å². The fraction of sp³-hybridized carbons (Fsp3) is 0.200. The standard InChI is InChI=1S/C20H18FN3O2/c21-16-5-3-6-17(11-16)24-9-8-18(23-24)20(25)22-12-14-10-15-4-1-2-7-19(15)26-13-14/h1-9,11,14H,10,12-13H2,(H,22,25). The van der Waals surface area contributed by atoms with Crippen molar-refractivity contribution < 1.29 is 13.9 Å². The van der Waals surface area contributed by atoms with Crippen molar-refractivity contribution in [3.8, 4) is 11.4 Å². The molecule has 1 aliphatic rings. The third kappa shape index (κ3) is 3.44. The third-order valence-electron chi connectivity index (χ3n) is 4.40. The van der Waals surface area contributed by atoms with Crippen molar-refractivity contribution in [1.29, 1.82) is 0 Å². The second kappa shape index (κ2) is 7.00. The molecule has 6 heteroatoms. The van der Waals surface area contributed by atoms with Gasteiger partial charge in [0.15, 0.2) is 5.69 Å². The van der Waals surface area contributed by atoms with Crippen LogP contribution in [0.4, 0.5) is 4.39 Å². The quantitative estimate of drug-likeness (QED) is 0.786. The second-order valence-corrected chi connectivity index (χ2v) is 6.32. The minimum Gasteiger partial charge on any atom is -0.493 e. The van der Waals surface area contributed by atoms with Crippen molar-refractivity contribution in [2.45, 2.75) is 6.42 Å². The lowest BCUT2D eigenvalue weighted by Gasteiger charge is -2.25. The molecule has 0 saturated carbocycles. The molecule has 1 amide bonds. The van der Waals surface area contributed by atoms with Crippen LogP contribution in [-0.4, -0.2) is 28.8 Å². The number of carbonyl (C=O) groups excluding carboxylic acids is 1. The minimum absolute atomic E-state index is 0.221. The van der Waals surface area contributed by atoms with E-state index < -0.39 is 0 Å². The van der Waals surface area contributed by atoms with Crippen LogP contribution in [0.2, 0.25) is 0 Å². The van der Waals surface area contributed by atoms with Crippen LogP contribution in [0.3, 0.4) is 0 Å². The van der Waals surface area contributed by atoms with E-state index in [4.69, 9.17) is 4.74 Å². The summed E-state index contributed by atoms with van der Waals surface area (Å²) in [5, 5.41) is 7.13. The zero-order chi connectivity index (χ0) is 17.9. The molecule has 1 atom stereocenters. The van der Waals surface area contributed by atoms with Gasteiger partial charge >= 0.3 is 0 Å². The van der Waals surface area contributed by atoms with Crippen molar-refractivity contribution in [1.82, 2.24) is 15.1 Å². The van der Waals surface area contributed by atoms with E-state index in [9.17, 15) is 9.18 Å². The summed E-state index contributed by atoms with van der Waals surface area (Å²) in [5.41, 5.74) is 2.03. The maximum absolute atomic E-state index is 13.3. The monoisotopic (exact) mass is 351 g/mol. The smallest absolute Gasteiger partial charge is 0.271 e. The Morgan fingerprint density at radius 1 is 1.23 bits per heavy atom. The van der Waals surface area contributed by atoms with E-state index in [0.29, 0.717) is 24.5 Å². The summed E-state index contributed by atoms with van der Waals surface area (Å²) in [4.78, 5) is 12.3. The summed E-state index contributed by atoms with van der Waals surface area (Å²) >= 11 is 0. The van der Waals surface area contributed by atoms with Crippen LogP contribution in [0.25, 0.3) is 5.69 Å². The Morgan fingerprint density at radius 2 is 2.12 bits per heavy atom. The van der Waals surface area contributed by atoms with Gasteiger partial charge in [-0.15, -0.1) is 0 Å². The number of fused-ring (bicyclic) bond motifs is 1. The van der Waals surface area contributed by atoms with Crippen LogP contribution in [0.5, 0.6) is 5.75 Å². The Morgan fingerprint density at radius 3 is 3.00 bits per heavy atom. The number of halogens is 1. The number of hydrogen-bond acceptors (Lipinski definition) is 3. The third-order valence-corrected chi connectivity index (χ3v) is 4.40. The molecule has 132 valence electrons. The van der Waals surface area contributed by atoms with E-state index in [2.05, 4.69) is 10.4 Å². The van der Waals surface area contributed by atoms with Gasteiger partial charge in [-0.2, -0.15) is 5.10 Å². The van der Waals surface area contributed by atoms with Gasteiger partial charge in [0.2, 0.25) is 0 Å². The molecule has 0 saturated heterocycles. The van der Waals surface area contributed by atoms with E-state index in [1.54, 1.807) is 24.4 Å². The molecule has 2 heterocycles. The first-order chi connectivity index (χ1) is 12.7. The lowest BCUT2D eigenvalue weighted by Crippen LogP contribution is -2.35. The summed E-state index contributed by atoms with van der Waals surface area (Å²) in [6.45, 7) is 1.09. The number of rotatable bonds is 4. The Balaban J connectivity index is 1.37. The maximum Gasteiger partial charge on any atom is 0.271 e. The average molecular weight is 351 g/mol. The number of carbonyl (C=O) groups is 1. The number of nitrogens with one attached hydrogen (secondary N) is 1. The van der Waals surface area contributed by atoms with Gasteiger partial charge in [0.05, 0.1) is 12.3 Å². The molecule has 26 heavy (non-hydrogen) atoms.